The highest BCUT2D eigenvalue weighted by Crippen LogP contribution is 2.33. The molecule has 1 N–H and O–H groups in total. The van der Waals surface area contributed by atoms with Crippen molar-refractivity contribution in [3.05, 3.63) is 47.3 Å². The van der Waals surface area contributed by atoms with Gasteiger partial charge in [-0.3, -0.25) is 9.78 Å². The molecule has 0 atom stereocenters. The monoisotopic (exact) mass is 458 g/mol. The number of carbonyl (C=O) groups excluding carboxylic acids is 2. The molecule has 1 aromatic heterocycles. The summed E-state index contributed by atoms with van der Waals surface area (Å²) in [5.41, 5.74) is 1.05. The van der Waals surface area contributed by atoms with E-state index < -0.39 is 27.8 Å². The minimum Gasteiger partial charge on any atom is -0.497 e. The topological polar surface area (TPSA) is 139 Å². The number of amides is 1. The van der Waals surface area contributed by atoms with E-state index in [-0.39, 0.29) is 35.7 Å². The Kier molecular flexibility index (Phi) is 6.64. The molecule has 1 aliphatic heterocycles. The van der Waals surface area contributed by atoms with Crippen LogP contribution in [0.15, 0.2) is 35.4 Å². The van der Waals surface area contributed by atoms with Crippen LogP contribution in [0.5, 0.6) is 5.75 Å². The molecule has 1 fully saturated rings. The molecule has 0 spiro atoms. The Labute approximate surface area is 185 Å². The number of aromatic nitrogens is 1. The van der Waals surface area contributed by atoms with Crippen molar-refractivity contribution in [1.29, 1.82) is 5.26 Å². The van der Waals surface area contributed by atoms with Crippen LogP contribution in [0.1, 0.15) is 28.5 Å². The second kappa shape index (κ2) is 9.23. The standard InChI is InChI=1S/C21H22N4O6S/c1-4-31-21(27)18-13(2)23-10-14(9-22)19(18)25-11-15(12-25)20(26)24-32(28,29)17-7-5-6-16(8-17)30-3/h5-8,10,15H,4,11-12H2,1-3H3,(H,24,26). The number of pyridine rings is 1. The third-order valence-electron chi connectivity index (χ3n) is 5.00. The maximum absolute atomic E-state index is 12.6. The van der Waals surface area contributed by atoms with Crippen molar-refractivity contribution in [2.75, 3.05) is 31.7 Å². The molecule has 11 heteroatoms. The maximum Gasteiger partial charge on any atom is 0.342 e. The number of benzene rings is 1. The molecule has 1 amide bonds. The van der Waals surface area contributed by atoms with Gasteiger partial charge < -0.3 is 14.4 Å². The lowest BCUT2D eigenvalue weighted by atomic mass is 9.95. The summed E-state index contributed by atoms with van der Waals surface area (Å²) in [7, 11) is -2.67. The van der Waals surface area contributed by atoms with Crippen LogP contribution in [0.4, 0.5) is 5.69 Å². The average Bonchev–Trinajstić information content (AvgIpc) is 2.72. The summed E-state index contributed by atoms with van der Waals surface area (Å²) < 4.78 is 37.3. The molecule has 0 saturated carbocycles. The lowest BCUT2D eigenvalue weighted by Gasteiger charge is -2.41. The van der Waals surface area contributed by atoms with Gasteiger partial charge in [-0.05, 0) is 26.0 Å². The van der Waals surface area contributed by atoms with E-state index in [2.05, 4.69) is 9.71 Å². The van der Waals surface area contributed by atoms with Crippen LogP contribution in [0.2, 0.25) is 0 Å². The van der Waals surface area contributed by atoms with Crippen LogP contribution >= 0.6 is 0 Å². The van der Waals surface area contributed by atoms with Gasteiger partial charge in [-0.1, -0.05) is 6.07 Å². The molecule has 0 radical (unpaired) electrons. The molecule has 2 heterocycles. The summed E-state index contributed by atoms with van der Waals surface area (Å²) in [5, 5.41) is 9.47. The molecule has 2 aromatic rings. The molecule has 168 valence electrons. The van der Waals surface area contributed by atoms with Crippen LogP contribution in [0.25, 0.3) is 0 Å². The van der Waals surface area contributed by atoms with E-state index in [1.807, 2.05) is 6.07 Å². The number of carbonyl (C=O) groups is 2. The Morgan fingerprint density at radius 1 is 1.34 bits per heavy atom. The summed E-state index contributed by atoms with van der Waals surface area (Å²) in [4.78, 5) is 30.7. The summed E-state index contributed by atoms with van der Waals surface area (Å²) in [6.07, 6.45) is 1.36. The first-order valence-electron chi connectivity index (χ1n) is 9.74. The zero-order chi connectivity index (χ0) is 23.5. The average molecular weight is 458 g/mol. The van der Waals surface area contributed by atoms with E-state index in [9.17, 15) is 23.3 Å². The van der Waals surface area contributed by atoms with Crippen molar-refractivity contribution < 1.29 is 27.5 Å². The van der Waals surface area contributed by atoms with Crippen LogP contribution in [0.3, 0.4) is 0 Å². The van der Waals surface area contributed by atoms with Gasteiger partial charge >= 0.3 is 5.97 Å². The first-order valence-corrected chi connectivity index (χ1v) is 11.2. The summed E-state index contributed by atoms with van der Waals surface area (Å²) in [6, 6.07) is 7.77. The minimum atomic E-state index is -4.08. The molecular weight excluding hydrogens is 436 g/mol. The number of hydrogen-bond donors (Lipinski definition) is 1. The molecule has 0 aliphatic carbocycles. The smallest absolute Gasteiger partial charge is 0.342 e. The van der Waals surface area contributed by atoms with Crippen molar-refractivity contribution >= 4 is 27.6 Å². The van der Waals surface area contributed by atoms with Crippen molar-refractivity contribution in [2.24, 2.45) is 5.92 Å². The fourth-order valence-corrected chi connectivity index (χ4v) is 4.40. The Balaban J connectivity index is 1.77. The molecule has 0 unspecified atom stereocenters. The summed E-state index contributed by atoms with van der Waals surface area (Å²) >= 11 is 0. The molecule has 1 aliphatic rings. The van der Waals surface area contributed by atoms with Gasteiger partial charge in [-0.15, -0.1) is 0 Å². The molecular formula is C21H22N4O6S. The molecule has 1 saturated heterocycles. The Bertz CT molecular complexity index is 1200. The predicted octanol–water partition coefficient (Wildman–Crippen LogP) is 1.39. The quantitative estimate of drug-likeness (QED) is 0.610. The van der Waals surface area contributed by atoms with Crippen LogP contribution in [0, 0.1) is 24.2 Å². The van der Waals surface area contributed by atoms with Gasteiger partial charge in [-0.2, -0.15) is 5.26 Å². The van der Waals surface area contributed by atoms with Gasteiger partial charge in [0, 0.05) is 25.4 Å². The van der Waals surface area contributed by atoms with Crippen molar-refractivity contribution in [3.8, 4) is 11.8 Å². The van der Waals surface area contributed by atoms with E-state index in [0.717, 1.165) is 0 Å². The summed E-state index contributed by atoms with van der Waals surface area (Å²) in [5.74, 6) is -1.59. The fraction of sp³-hybridized carbons (Fsp3) is 0.333. The number of nitrogens with zero attached hydrogens (tertiary/aromatic N) is 3. The molecule has 0 bridgehead atoms. The van der Waals surface area contributed by atoms with Gasteiger partial charge in [-0.25, -0.2) is 17.9 Å². The van der Waals surface area contributed by atoms with Crippen molar-refractivity contribution in [3.63, 3.8) is 0 Å². The first kappa shape index (κ1) is 23.0. The predicted molar refractivity (Wildman–Crippen MR) is 114 cm³/mol. The number of sulfonamides is 1. The Morgan fingerprint density at radius 3 is 2.69 bits per heavy atom. The largest absolute Gasteiger partial charge is 0.497 e. The molecule has 1 aromatic carbocycles. The second-order valence-electron chi connectivity index (χ2n) is 7.06. The molecule has 10 nitrogen and oxygen atoms in total. The zero-order valence-electron chi connectivity index (χ0n) is 17.8. The Morgan fingerprint density at radius 2 is 2.06 bits per heavy atom. The highest BCUT2D eigenvalue weighted by atomic mass is 32.2. The van der Waals surface area contributed by atoms with Gasteiger partial charge in [0.1, 0.15) is 17.4 Å². The van der Waals surface area contributed by atoms with Crippen LogP contribution in [-0.2, 0) is 19.6 Å². The van der Waals surface area contributed by atoms with E-state index in [4.69, 9.17) is 9.47 Å². The SMILES string of the molecule is CCOC(=O)c1c(C)ncc(C#N)c1N1CC(C(=O)NS(=O)(=O)c2cccc(OC)c2)C1. The second-order valence-corrected chi connectivity index (χ2v) is 8.75. The van der Waals surface area contributed by atoms with Gasteiger partial charge in [0.05, 0.1) is 41.5 Å². The van der Waals surface area contributed by atoms with Crippen molar-refractivity contribution in [2.45, 2.75) is 18.7 Å². The number of nitrogens with one attached hydrogen (secondary N) is 1. The first-order chi connectivity index (χ1) is 15.2. The van der Waals surface area contributed by atoms with Gasteiger partial charge in [0.15, 0.2) is 0 Å². The highest BCUT2D eigenvalue weighted by Gasteiger charge is 2.38. The number of aryl methyl sites for hydroxylation is 1. The lowest BCUT2D eigenvalue weighted by Crippen LogP contribution is -2.55. The number of hydrogen-bond acceptors (Lipinski definition) is 9. The number of ether oxygens (including phenoxy) is 2. The number of rotatable bonds is 7. The third kappa shape index (κ3) is 4.50. The van der Waals surface area contributed by atoms with Gasteiger partial charge in [0.2, 0.25) is 5.91 Å². The Hall–Kier alpha value is -3.65. The van der Waals surface area contributed by atoms with E-state index in [0.29, 0.717) is 17.1 Å². The minimum absolute atomic E-state index is 0.0949. The maximum atomic E-state index is 12.6. The highest BCUT2D eigenvalue weighted by molar-refractivity contribution is 7.90. The van der Waals surface area contributed by atoms with E-state index >= 15 is 0 Å². The zero-order valence-corrected chi connectivity index (χ0v) is 18.6. The normalized spacial score (nSPS) is 13.6. The third-order valence-corrected chi connectivity index (χ3v) is 6.34. The molecule has 3 rings (SSSR count). The number of methoxy groups -OCH3 is 1. The van der Waals surface area contributed by atoms with Crippen molar-refractivity contribution in [1.82, 2.24) is 9.71 Å². The fourth-order valence-electron chi connectivity index (χ4n) is 3.32. The van der Waals surface area contributed by atoms with Gasteiger partial charge in [0.25, 0.3) is 10.0 Å². The van der Waals surface area contributed by atoms with Crippen LogP contribution in [-0.4, -0.2) is 52.1 Å². The number of anilines is 1. The summed E-state index contributed by atoms with van der Waals surface area (Å²) in [6.45, 7) is 3.71. The number of nitriles is 1. The van der Waals surface area contributed by atoms with E-state index in [1.54, 1.807) is 24.8 Å². The van der Waals surface area contributed by atoms with E-state index in [1.165, 1.54) is 31.5 Å². The molecule has 32 heavy (non-hydrogen) atoms. The van der Waals surface area contributed by atoms with Crippen LogP contribution < -0.4 is 14.4 Å². The number of esters is 1. The lowest BCUT2D eigenvalue weighted by molar-refractivity contribution is -0.123.